The molecule has 5 heteroatoms. The highest BCUT2D eigenvalue weighted by Crippen LogP contribution is 2.31. The minimum Gasteiger partial charge on any atom is -0.496 e. The van der Waals surface area contributed by atoms with Crippen molar-refractivity contribution in [2.24, 2.45) is 0 Å². The first-order valence-corrected chi connectivity index (χ1v) is 9.11. The lowest BCUT2D eigenvalue weighted by Gasteiger charge is -2.25. The zero-order valence-electron chi connectivity index (χ0n) is 14.6. The Hall–Kier alpha value is -2.59. The molecule has 4 nitrogen and oxygen atoms in total. The topological polar surface area (TPSA) is 47.0 Å². The predicted molar refractivity (Wildman–Crippen MR) is 105 cm³/mol. The molecule has 0 spiro atoms. The van der Waals surface area contributed by atoms with Crippen LogP contribution in [0, 0.1) is 0 Å². The van der Waals surface area contributed by atoms with Crippen molar-refractivity contribution in [2.75, 3.05) is 12.4 Å². The zero-order valence-corrected chi connectivity index (χ0v) is 15.3. The first-order valence-electron chi connectivity index (χ1n) is 8.73. The average Bonchev–Trinajstić information content (AvgIpc) is 2.68. The van der Waals surface area contributed by atoms with Gasteiger partial charge in [-0.2, -0.15) is 0 Å². The van der Waals surface area contributed by atoms with Crippen molar-refractivity contribution in [3.8, 4) is 17.0 Å². The summed E-state index contributed by atoms with van der Waals surface area (Å²) in [6.07, 6.45) is 4.91. The minimum absolute atomic E-state index is 0.335. The third kappa shape index (κ3) is 3.51. The summed E-state index contributed by atoms with van der Waals surface area (Å²) in [6, 6.07) is 16.4. The van der Waals surface area contributed by atoms with Crippen LogP contribution in [-0.2, 0) is 12.8 Å². The second kappa shape index (κ2) is 7.34. The number of fused-ring (bicyclic) bond motifs is 1. The van der Waals surface area contributed by atoms with Crippen molar-refractivity contribution in [2.45, 2.75) is 25.3 Å². The monoisotopic (exact) mass is 365 g/mol. The summed E-state index contributed by atoms with van der Waals surface area (Å²) in [5, 5.41) is 4.14. The standard InChI is InChI=1S/C21H20ClN3O/c1-26-20-9-7-16(22)13-18(20)19-10-11-23-21(25-19)24-17-8-6-14-4-2-3-5-15(14)12-17/h2-5,7,9-11,13,17H,6,8,12H2,1H3,(H,23,24,25). The Labute approximate surface area is 158 Å². The number of nitrogens with one attached hydrogen (secondary N) is 1. The molecule has 0 radical (unpaired) electrons. The molecule has 1 heterocycles. The Bertz CT molecular complexity index is 929. The van der Waals surface area contributed by atoms with Crippen LogP contribution in [0.3, 0.4) is 0 Å². The van der Waals surface area contributed by atoms with Gasteiger partial charge in [0.2, 0.25) is 5.95 Å². The largest absolute Gasteiger partial charge is 0.496 e. The van der Waals surface area contributed by atoms with Crippen LogP contribution < -0.4 is 10.1 Å². The number of rotatable bonds is 4. The van der Waals surface area contributed by atoms with Gasteiger partial charge >= 0.3 is 0 Å². The van der Waals surface area contributed by atoms with E-state index in [2.05, 4.69) is 39.6 Å². The number of aryl methyl sites for hydroxylation is 1. The number of anilines is 1. The number of methoxy groups -OCH3 is 1. The van der Waals surface area contributed by atoms with E-state index in [0.29, 0.717) is 17.0 Å². The van der Waals surface area contributed by atoms with Gasteiger partial charge in [0.05, 0.1) is 12.8 Å². The number of ether oxygens (including phenoxy) is 1. The van der Waals surface area contributed by atoms with E-state index in [1.165, 1.54) is 11.1 Å². The number of hydrogen-bond acceptors (Lipinski definition) is 4. The molecule has 0 amide bonds. The minimum atomic E-state index is 0.335. The van der Waals surface area contributed by atoms with Crippen LogP contribution in [0.25, 0.3) is 11.3 Å². The van der Waals surface area contributed by atoms with E-state index in [-0.39, 0.29) is 0 Å². The molecule has 0 aliphatic heterocycles. The maximum atomic E-state index is 6.15. The summed E-state index contributed by atoms with van der Waals surface area (Å²) in [6.45, 7) is 0. The van der Waals surface area contributed by atoms with Gasteiger partial charge in [-0.05, 0) is 54.7 Å². The van der Waals surface area contributed by atoms with Crippen molar-refractivity contribution >= 4 is 17.5 Å². The number of halogens is 1. The van der Waals surface area contributed by atoms with Crippen LogP contribution in [0.1, 0.15) is 17.5 Å². The molecule has 1 aromatic heterocycles. The zero-order chi connectivity index (χ0) is 17.9. The molecule has 26 heavy (non-hydrogen) atoms. The lowest BCUT2D eigenvalue weighted by molar-refractivity contribution is 0.416. The fourth-order valence-electron chi connectivity index (χ4n) is 3.46. The Morgan fingerprint density at radius 2 is 1.96 bits per heavy atom. The number of nitrogens with zero attached hydrogens (tertiary/aromatic N) is 2. The maximum Gasteiger partial charge on any atom is 0.223 e. The molecule has 2 aromatic carbocycles. The van der Waals surface area contributed by atoms with Crippen LogP contribution in [-0.4, -0.2) is 23.1 Å². The second-order valence-corrected chi connectivity index (χ2v) is 6.90. The second-order valence-electron chi connectivity index (χ2n) is 6.46. The number of aromatic nitrogens is 2. The summed E-state index contributed by atoms with van der Waals surface area (Å²) in [7, 11) is 1.65. The summed E-state index contributed by atoms with van der Waals surface area (Å²) >= 11 is 6.15. The van der Waals surface area contributed by atoms with Gasteiger partial charge in [0, 0.05) is 22.8 Å². The first-order chi connectivity index (χ1) is 12.7. The SMILES string of the molecule is COc1ccc(Cl)cc1-c1ccnc(NC2CCc3ccccc3C2)n1. The normalized spacial score (nSPS) is 16.0. The molecule has 0 bridgehead atoms. The Morgan fingerprint density at radius 1 is 1.12 bits per heavy atom. The van der Waals surface area contributed by atoms with E-state index in [4.69, 9.17) is 16.3 Å². The fraction of sp³-hybridized carbons (Fsp3) is 0.238. The van der Waals surface area contributed by atoms with Gasteiger partial charge in [-0.25, -0.2) is 9.97 Å². The van der Waals surface area contributed by atoms with Gasteiger partial charge in [0.25, 0.3) is 0 Å². The smallest absolute Gasteiger partial charge is 0.223 e. The molecule has 4 rings (SSSR count). The molecule has 1 aliphatic carbocycles. The Kier molecular flexibility index (Phi) is 4.76. The van der Waals surface area contributed by atoms with Crippen molar-refractivity contribution in [3.05, 3.63) is 70.9 Å². The molecule has 132 valence electrons. The molecule has 0 saturated carbocycles. The molecule has 1 atom stereocenters. The van der Waals surface area contributed by atoms with E-state index in [9.17, 15) is 0 Å². The summed E-state index contributed by atoms with van der Waals surface area (Å²) in [5.74, 6) is 1.37. The maximum absolute atomic E-state index is 6.15. The highest BCUT2D eigenvalue weighted by Gasteiger charge is 2.19. The molecule has 0 saturated heterocycles. The van der Waals surface area contributed by atoms with Gasteiger partial charge in [0.1, 0.15) is 5.75 Å². The van der Waals surface area contributed by atoms with Crippen molar-refractivity contribution in [1.29, 1.82) is 0 Å². The fourth-order valence-corrected chi connectivity index (χ4v) is 3.63. The van der Waals surface area contributed by atoms with Gasteiger partial charge in [-0.1, -0.05) is 35.9 Å². The van der Waals surface area contributed by atoms with Crippen LogP contribution in [0.4, 0.5) is 5.95 Å². The molecular formula is C21H20ClN3O. The van der Waals surface area contributed by atoms with Gasteiger partial charge in [0.15, 0.2) is 0 Å². The quantitative estimate of drug-likeness (QED) is 0.723. The lowest BCUT2D eigenvalue weighted by Crippen LogP contribution is -2.28. The van der Waals surface area contributed by atoms with E-state index >= 15 is 0 Å². The van der Waals surface area contributed by atoms with Crippen molar-refractivity contribution in [3.63, 3.8) is 0 Å². The first kappa shape index (κ1) is 16.9. The van der Waals surface area contributed by atoms with Gasteiger partial charge < -0.3 is 10.1 Å². The van der Waals surface area contributed by atoms with E-state index < -0.39 is 0 Å². The van der Waals surface area contributed by atoms with Crippen molar-refractivity contribution < 1.29 is 4.74 Å². The van der Waals surface area contributed by atoms with Gasteiger partial charge in [-0.15, -0.1) is 0 Å². The molecule has 1 N–H and O–H groups in total. The summed E-state index contributed by atoms with van der Waals surface area (Å²) in [5.41, 5.74) is 4.50. The van der Waals surface area contributed by atoms with E-state index in [1.54, 1.807) is 13.3 Å². The molecule has 1 aliphatic rings. The van der Waals surface area contributed by atoms with E-state index in [0.717, 1.165) is 36.3 Å². The molecular weight excluding hydrogens is 346 g/mol. The Morgan fingerprint density at radius 3 is 2.81 bits per heavy atom. The lowest BCUT2D eigenvalue weighted by atomic mass is 9.88. The van der Waals surface area contributed by atoms with Crippen LogP contribution in [0.2, 0.25) is 5.02 Å². The van der Waals surface area contributed by atoms with E-state index in [1.807, 2.05) is 24.3 Å². The summed E-state index contributed by atoms with van der Waals surface area (Å²) in [4.78, 5) is 9.08. The Balaban J connectivity index is 1.57. The molecule has 3 aromatic rings. The average molecular weight is 366 g/mol. The highest BCUT2D eigenvalue weighted by molar-refractivity contribution is 6.30. The van der Waals surface area contributed by atoms with Crippen molar-refractivity contribution in [1.82, 2.24) is 9.97 Å². The molecule has 0 fully saturated rings. The van der Waals surface area contributed by atoms with Crippen LogP contribution in [0.15, 0.2) is 54.7 Å². The third-order valence-corrected chi connectivity index (χ3v) is 5.01. The number of hydrogen-bond donors (Lipinski definition) is 1. The number of benzene rings is 2. The van der Waals surface area contributed by atoms with Crippen LogP contribution in [0.5, 0.6) is 5.75 Å². The predicted octanol–water partition coefficient (Wildman–Crippen LogP) is 4.78. The van der Waals surface area contributed by atoms with Crippen LogP contribution >= 0.6 is 11.6 Å². The van der Waals surface area contributed by atoms with Gasteiger partial charge in [-0.3, -0.25) is 0 Å². The highest BCUT2D eigenvalue weighted by atomic mass is 35.5. The summed E-state index contributed by atoms with van der Waals surface area (Å²) < 4.78 is 5.44. The third-order valence-electron chi connectivity index (χ3n) is 4.77. The molecule has 1 unspecified atom stereocenters.